The molecule has 1 aromatic heterocycles. The van der Waals surface area contributed by atoms with Gasteiger partial charge in [-0.05, 0) is 28.8 Å². The number of hydrogen-bond donors (Lipinski definition) is 0. The highest BCUT2D eigenvalue weighted by molar-refractivity contribution is 5.82. The van der Waals surface area contributed by atoms with Gasteiger partial charge in [0.05, 0.1) is 0 Å². The van der Waals surface area contributed by atoms with Gasteiger partial charge in [-0.15, -0.1) is 0 Å². The van der Waals surface area contributed by atoms with E-state index in [0.29, 0.717) is 0 Å². The molecule has 0 unspecified atom stereocenters. The molecule has 0 aliphatic heterocycles. The van der Waals surface area contributed by atoms with Crippen LogP contribution in [0.25, 0.3) is 22.3 Å². The Bertz CT molecular complexity index is 572. The number of aromatic nitrogens is 1. The summed E-state index contributed by atoms with van der Waals surface area (Å²) in [6.45, 7) is 0. The molecule has 0 atom stereocenters. The van der Waals surface area contributed by atoms with Gasteiger partial charge in [-0.3, -0.25) is 4.98 Å². The predicted octanol–water partition coefficient (Wildman–Crippen LogP) is 4.22. The topological polar surface area (TPSA) is 12.9 Å². The van der Waals surface area contributed by atoms with Gasteiger partial charge in [-0.1, -0.05) is 54.6 Å². The summed E-state index contributed by atoms with van der Waals surface area (Å²) in [7, 11) is 0. The summed E-state index contributed by atoms with van der Waals surface area (Å²) in [5.74, 6) is 0. The van der Waals surface area contributed by atoms with Crippen LogP contribution in [0.2, 0.25) is 0 Å². The van der Waals surface area contributed by atoms with Crippen LogP contribution in [0.3, 0.4) is 0 Å². The first-order chi connectivity index (χ1) is 8.95. The van der Waals surface area contributed by atoms with Gasteiger partial charge < -0.3 is 0 Å². The lowest BCUT2D eigenvalue weighted by atomic mass is 9.96. The molecule has 1 nitrogen and oxygen atoms in total. The molecule has 0 saturated heterocycles. The number of rotatable bonds is 2. The minimum atomic E-state index is 1.09. The SMILES string of the molecule is [c]1cccc(-c2ccccc2)c1-c1cccnc1. The second kappa shape index (κ2) is 4.84. The first-order valence-corrected chi connectivity index (χ1v) is 5.92. The van der Waals surface area contributed by atoms with Crippen LogP contribution in [0.4, 0.5) is 0 Å². The lowest BCUT2D eigenvalue weighted by Gasteiger charge is -2.08. The Kier molecular flexibility index (Phi) is 2.89. The van der Waals surface area contributed by atoms with Crippen molar-refractivity contribution >= 4 is 0 Å². The van der Waals surface area contributed by atoms with Gasteiger partial charge in [0.1, 0.15) is 0 Å². The smallest absolute Gasteiger partial charge is 0.0346 e. The summed E-state index contributed by atoms with van der Waals surface area (Å²) in [5.41, 5.74) is 4.58. The zero-order valence-corrected chi connectivity index (χ0v) is 9.88. The third-order valence-corrected chi connectivity index (χ3v) is 2.89. The largest absolute Gasteiger partial charge is 0.264 e. The molecule has 1 heterocycles. The summed E-state index contributed by atoms with van der Waals surface area (Å²) in [6, 6.07) is 23.8. The van der Waals surface area contributed by atoms with E-state index in [2.05, 4.69) is 47.4 Å². The van der Waals surface area contributed by atoms with Crippen molar-refractivity contribution < 1.29 is 0 Å². The fourth-order valence-electron chi connectivity index (χ4n) is 2.04. The Morgan fingerprint density at radius 3 is 2.39 bits per heavy atom. The zero-order valence-electron chi connectivity index (χ0n) is 9.88. The predicted molar refractivity (Wildman–Crippen MR) is 73.9 cm³/mol. The van der Waals surface area contributed by atoms with Gasteiger partial charge >= 0.3 is 0 Å². The average molecular weight is 230 g/mol. The standard InChI is InChI=1S/C17H12N/c1-2-7-14(8-3-1)16-10-4-5-11-17(16)15-9-6-12-18-13-15/h1-10,12-13H. The molecule has 1 radical (unpaired) electrons. The molecular formula is C17H12N. The zero-order chi connectivity index (χ0) is 12.2. The van der Waals surface area contributed by atoms with Gasteiger partial charge in [-0.25, -0.2) is 0 Å². The van der Waals surface area contributed by atoms with E-state index in [1.54, 1.807) is 6.20 Å². The molecule has 0 spiro atoms. The molecule has 1 heteroatoms. The van der Waals surface area contributed by atoms with Crippen LogP contribution >= 0.6 is 0 Å². The highest BCUT2D eigenvalue weighted by atomic mass is 14.6. The van der Waals surface area contributed by atoms with Crippen LogP contribution < -0.4 is 0 Å². The molecule has 0 aliphatic rings. The fraction of sp³-hybridized carbons (Fsp3) is 0. The van der Waals surface area contributed by atoms with Crippen molar-refractivity contribution in [3.63, 3.8) is 0 Å². The maximum absolute atomic E-state index is 4.18. The molecule has 0 saturated carbocycles. The third kappa shape index (κ3) is 2.03. The van der Waals surface area contributed by atoms with Crippen molar-refractivity contribution in [2.45, 2.75) is 0 Å². The fourth-order valence-corrected chi connectivity index (χ4v) is 2.04. The molecule has 0 N–H and O–H groups in total. The number of benzene rings is 2. The summed E-state index contributed by atoms with van der Waals surface area (Å²) >= 11 is 0. The van der Waals surface area contributed by atoms with Crippen molar-refractivity contribution in [3.8, 4) is 22.3 Å². The lowest BCUT2D eigenvalue weighted by Crippen LogP contribution is -1.85. The molecule has 2 aromatic carbocycles. The maximum Gasteiger partial charge on any atom is 0.0346 e. The number of nitrogens with zero attached hydrogens (tertiary/aromatic N) is 1. The third-order valence-electron chi connectivity index (χ3n) is 2.89. The molecule has 85 valence electrons. The average Bonchev–Trinajstić information content (AvgIpc) is 2.49. The maximum atomic E-state index is 4.18. The highest BCUT2D eigenvalue weighted by Crippen LogP contribution is 2.30. The summed E-state index contributed by atoms with van der Waals surface area (Å²) in [4.78, 5) is 4.18. The molecule has 3 aromatic rings. The Hall–Kier alpha value is -2.41. The first-order valence-electron chi connectivity index (χ1n) is 5.92. The minimum Gasteiger partial charge on any atom is -0.264 e. The number of hydrogen-bond acceptors (Lipinski definition) is 1. The van der Waals surface area contributed by atoms with Crippen LogP contribution in [0.5, 0.6) is 0 Å². The van der Waals surface area contributed by atoms with Gasteiger partial charge in [0.15, 0.2) is 0 Å². The lowest BCUT2D eigenvalue weighted by molar-refractivity contribution is 1.33. The van der Waals surface area contributed by atoms with E-state index in [4.69, 9.17) is 0 Å². The number of pyridine rings is 1. The minimum absolute atomic E-state index is 1.09. The van der Waals surface area contributed by atoms with Crippen LogP contribution in [-0.4, -0.2) is 4.98 Å². The van der Waals surface area contributed by atoms with Gasteiger partial charge in [0, 0.05) is 18.0 Å². The Morgan fingerprint density at radius 2 is 1.61 bits per heavy atom. The van der Waals surface area contributed by atoms with Crippen LogP contribution in [0.1, 0.15) is 0 Å². The molecule has 0 bridgehead atoms. The van der Waals surface area contributed by atoms with Crippen LogP contribution in [0.15, 0.2) is 73.1 Å². The summed E-state index contributed by atoms with van der Waals surface area (Å²) < 4.78 is 0. The summed E-state index contributed by atoms with van der Waals surface area (Å²) in [6.07, 6.45) is 3.66. The highest BCUT2D eigenvalue weighted by Gasteiger charge is 2.06. The molecule has 0 aliphatic carbocycles. The van der Waals surface area contributed by atoms with Crippen LogP contribution in [-0.2, 0) is 0 Å². The first kappa shape index (κ1) is 10.7. The molecule has 3 rings (SSSR count). The van der Waals surface area contributed by atoms with Gasteiger partial charge in [-0.2, -0.15) is 0 Å². The second-order valence-electron chi connectivity index (χ2n) is 4.07. The van der Waals surface area contributed by atoms with E-state index in [1.807, 2.05) is 30.5 Å². The Balaban J connectivity index is 2.18. The van der Waals surface area contributed by atoms with E-state index in [1.165, 1.54) is 11.1 Å². The molecule has 0 fully saturated rings. The molecular weight excluding hydrogens is 218 g/mol. The van der Waals surface area contributed by atoms with Crippen molar-refractivity contribution in [3.05, 3.63) is 79.1 Å². The van der Waals surface area contributed by atoms with Crippen LogP contribution in [0, 0.1) is 6.07 Å². The van der Waals surface area contributed by atoms with E-state index in [-0.39, 0.29) is 0 Å². The summed E-state index contributed by atoms with van der Waals surface area (Å²) in [5, 5.41) is 0. The Labute approximate surface area is 107 Å². The molecule has 0 amide bonds. The van der Waals surface area contributed by atoms with Gasteiger partial charge in [0.25, 0.3) is 0 Å². The van der Waals surface area contributed by atoms with E-state index in [0.717, 1.165) is 11.1 Å². The van der Waals surface area contributed by atoms with Crippen molar-refractivity contribution in [1.82, 2.24) is 4.98 Å². The van der Waals surface area contributed by atoms with Crippen molar-refractivity contribution in [2.24, 2.45) is 0 Å². The Morgan fingerprint density at radius 1 is 0.778 bits per heavy atom. The van der Waals surface area contributed by atoms with E-state index >= 15 is 0 Å². The second-order valence-corrected chi connectivity index (χ2v) is 4.07. The quantitative estimate of drug-likeness (QED) is 0.642. The molecule has 18 heavy (non-hydrogen) atoms. The monoisotopic (exact) mass is 230 g/mol. The van der Waals surface area contributed by atoms with Crippen molar-refractivity contribution in [2.75, 3.05) is 0 Å². The van der Waals surface area contributed by atoms with E-state index in [9.17, 15) is 0 Å². The normalized spacial score (nSPS) is 10.2. The van der Waals surface area contributed by atoms with E-state index < -0.39 is 0 Å². The van der Waals surface area contributed by atoms with Gasteiger partial charge in [0.2, 0.25) is 0 Å². The van der Waals surface area contributed by atoms with Crippen molar-refractivity contribution in [1.29, 1.82) is 0 Å².